The van der Waals surface area contributed by atoms with Gasteiger partial charge in [-0.25, -0.2) is 0 Å². The Morgan fingerprint density at radius 1 is 1.22 bits per heavy atom. The molecule has 2 heterocycles. The Hall–Kier alpha value is -2.40. The van der Waals surface area contributed by atoms with E-state index in [2.05, 4.69) is 5.16 Å². The lowest BCUT2D eigenvalue weighted by Gasteiger charge is -2.15. The van der Waals surface area contributed by atoms with Crippen LogP contribution in [0.2, 0.25) is 0 Å². The van der Waals surface area contributed by atoms with Crippen molar-refractivity contribution >= 4 is 17.2 Å². The number of aryl methyl sites for hydroxylation is 1. The predicted molar refractivity (Wildman–Crippen MR) is 91.5 cm³/mol. The minimum Gasteiger partial charge on any atom is -0.361 e. The molecular formula is C18H18N2O2S. The molecule has 5 heteroatoms. The Kier molecular flexibility index (Phi) is 4.88. The molecule has 0 saturated heterocycles. The Bertz CT molecular complexity index is 750. The summed E-state index contributed by atoms with van der Waals surface area (Å²) in [7, 11) is 1.83. The van der Waals surface area contributed by atoms with E-state index in [9.17, 15) is 4.79 Å². The molecule has 4 nitrogen and oxygen atoms in total. The topological polar surface area (TPSA) is 46.3 Å². The van der Waals surface area contributed by atoms with Crippen LogP contribution in [0.5, 0.6) is 0 Å². The van der Waals surface area contributed by atoms with Gasteiger partial charge in [0.25, 0.3) is 5.91 Å². The fourth-order valence-electron chi connectivity index (χ4n) is 2.36. The highest BCUT2D eigenvalue weighted by Gasteiger charge is 2.12. The normalized spacial score (nSPS) is 10.7. The minimum atomic E-state index is 0.0718. The van der Waals surface area contributed by atoms with Gasteiger partial charge in [0.05, 0.1) is 4.88 Å². The first-order valence-corrected chi connectivity index (χ1v) is 8.42. The second-order valence-electron chi connectivity index (χ2n) is 5.35. The molecular weight excluding hydrogens is 308 g/mol. The van der Waals surface area contributed by atoms with Gasteiger partial charge in [-0.3, -0.25) is 4.79 Å². The van der Waals surface area contributed by atoms with Gasteiger partial charge in [-0.05, 0) is 17.9 Å². The number of carbonyl (C=O) groups excluding carboxylic acids is 1. The molecule has 23 heavy (non-hydrogen) atoms. The summed E-state index contributed by atoms with van der Waals surface area (Å²) in [6.07, 6.45) is 1.61. The Morgan fingerprint density at radius 2 is 2.04 bits per heavy atom. The highest BCUT2D eigenvalue weighted by Crippen LogP contribution is 2.19. The Morgan fingerprint density at radius 3 is 2.78 bits per heavy atom. The molecule has 0 unspecified atom stereocenters. The fraction of sp³-hybridized carbons (Fsp3) is 0.222. The van der Waals surface area contributed by atoms with Gasteiger partial charge in [0.2, 0.25) is 0 Å². The molecule has 1 aromatic carbocycles. The molecule has 0 bridgehead atoms. The van der Waals surface area contributed by atoms with Crippen LogP contribution in [-0.4, -0.2) is 29.6 Å². The predicted octanol–water partition coefficient (Wildman–Crippen LogP) is 4.11. The maximum Gasteiger partial charge on any atom is 0.263 e. The van der Waals surface area contributed by atoms with Gasteiger partial charge in [-0.1, -0.05) is 41.6 Å². The van der Waals surface area contributed by atoms with Gasteiger partial charge in [0.1, 0.15) is 11.5 Å². The molecule has 3 rings (SSSR count). The van der Waals surface area contributed by atoms with Crippen molar-refractivity contribution in [3.63, 3.8) is 0 Å². The van der Waals surface area contributed by atoms with Crippen LogP contribution < -0.4 is 0 Å². The molecule has 0 aliphatic rings. The third kappa shape index (κ3) is 3.87. The van der Waals surface area contributed by atoms with Crippen LogP contribution in [0.1, 0.15) is 21.9 Å². The van der Waals surface area contributed by atoms with Gasteiger partial charge < -0.3 is 9.42 Å². The summed E-state index contributed by atoms with van der Waals surface area (Å²) in [6.45, 7) is 0.693. The zero-order valence-corrected chi connectivity index (χ0v) is 13.8. The summed E-state index contributed by atoms with van der Waals surface area (Å²) >= 11 is 1.47. The molecule has 0 saturated carbocycles. The van der Waals surface area contributed by atoms with Crippen molar-refractivity contribution in [3.8, 4) is 11.3 Å². The van der Waals surface area contributed by atoms with Crippen molar-refractivity contribution in [2.24, 2.45) is 0 Å². The molecule has 2 aromatic heterocycles. The second kappa shape index (κ2) is 7.24. The minimum absolute atomic E-state index is 0.0718. The molecule has 0 aliphatic carbocycles. The lowest BCUT2D eigenvalue weighted by atomic mass is 10.1. The third-order valence-electron chi connectivity index (χ3n) is 3.62. The van der Waals surface area contributed by atoms with Crippen molar-refractivity contribution < 1.29 is 9.32 Å². The van der Waals surface area contributed by atoms with E-state index < -0.39 is 0 Å². The summed E-state index contributed by atoms with van der Waals surface area (Å²) in [5.74, 6) is 0.920. The first kappa shape index (κ1) is 15.5. The smallest absolute Gasteiger partial charge is 0.263 e. The molecule has 0 N–H and O–H groups in total. The van der Waals surface area contributed by atoms with Gasteiger partial charge in [0.15, 0.2) is 0 Å². The lowest BCUT2D eigenvalue weighted by molar-refractivity contribution is 0.0797. The number of thiophene rings is 1. The molecule has 0 aliphatic heterocycles. The van der Waals surface area contributed by atoms with E-state index in [1.54, 1.807) is 4.90 Å². The quantitative estimate of drug-likeness (QED) is 0.685. The summed E-state index contributed by atoms with van der Waals surface area (Å²) in [4.78, 5) is 14.7. The van der Waals surface area contributed by atoms with Crippen LogP contribution in [0.3, 0.4) is 0 Å². The molecule has 0 atom stereocenters. The van der Waals surface area contributed by atoms with Crippen molar-refractivity contribution in [2.75, 3.05) is 13.6 Å². The number of hydrogen-bond acceptors (Lipinski definition) is 4. The zero-order valence-electron chi connectivity index (χ0n) is 12.9. The molecule has 3 aromatic rings. The third-order valence-corrected chi connectivity index (χ3v) is 4.48. The summed E-state index contributed by atoms with van der Waals surface area (Å²) in [5.41, 5.74) is 1.90. The zero-order chi connectivity index (χ0) is 16.1. The van der Waals surface area contributed by atoms with Crippen LogP contribution in [-0.2, 0) is 6.42 Å². The van der Waals surface area contributed by atoms with Crippen molar-refractivity contribution in [1.29, 1.82) is 0 Å². The number of benzene rings is 1. The lowest BCUT2D eigenvalue weighted by Crippen LogP contribution is -2.27. The number of aromatic nitrogens is 1. The SMILES string of the molecule is CN(CCCc1cc(-c2ccccc2)no1)C(=O)c1cccs1. The monoisotopic (exact) mass is 326 g/mol. The maximum absolute atomic E-state index is 12.1. The van der Waals surface area contributed by atoms with Crippen molar-refractivity contribution in [2.45, 2.75) is 12.8 Å². The number of rotatable bonds is 6. The average Bonchev–Trinajstić information content (AvgIpc) is 3.27. The van der Waals surface area contributed by atoms with Gasteiger partial charge in [-0.2, -0.15) is 0 Å². The molecule has 0 spiro atoms. The van der Waals surface area contributed by atoms with E-state index in [0.717, 1.165) is 34.7 Å². The van der Waals surface area contributed by atoms with E-state index in [0.29, 0.717) is 6.54 Å². The van der Waals surface area contributed by atoms with Crippen molar-refractivity contribution in [3.05, 3.63) is 64.5 Å². The fourth-order valence-corrected chi connectivity index (χ4v) is 3.07. The first-order chi connectivity index (χ1) is 11.2. The summed E-state index contributed by atoms with van der Waals surface area (Å²) in [5, 5.41) is 6.02. The standard InChI is InChI=1S/C18H18N2O2S/c1-20(18(21)17-10-6-12-23-17)11-5-9-15-13-16(19-22-15)14-7-3-2-4-8-14/h2-4,6-8,10,12-13H,5,9,11H2,1H3. The van der Waals surface area contributed by atoms with Crippen molar-refractivity contribution in [1.82, 2.24) is 10.1 Å². The van der Waals surface area contributed by atoms with Crippen LogP contribution in [0.15, 0.2) is 58.4 Å². The number of amides is 1. The largest absolute Gasteiger partial charge is 0.361 e. The molecule has 118 valence electrons. The van der Waals surface area contributed by atoms with Crippen LogP contribution in [0, 0.1) is 0 Å². The van der Waals surface area contributed by atoms with Crippen LogP contribution >= 0.6 is 11.3 Å². The van der Waals surface area contributed by atoms with E-state index >= 15 is 0 Å². The Labute approximate surface area is 139 Å². The van der Waals surface area contributed by atoms with E-state index in [-0.39, 0.29) is 5.91 Å². The second-order valence-corrected chi connectivity index (χ2v) is 6.30. The number of nitrogens with zero attached hydrogens (tertiary/aromatic N) is 2. The van der Waals surface area contributed by atoms with E-state index in [4.69, 9.17) is 4.52 Å². The van der Waals surface area contributed by atoms with Crippen LogP contribution in [0.4, 0.5) is 0 Å². The summed E-state index contributed by atoms with van der Waals surface area (Å²) < 4.78 is 5.38. The molecule has 0 fully saturated rings. The highest BCUT2D eigenvalue weighted by molar-refractivity contribution is 7.12. The number of carbonyl (C=O) groups is 1. The van der Waals surface area contributed by atoms with Crippen LogP contribution in [0.25, 0.3) is 11.3 Å². The summed E-state index contributed by atoms with van der Waals surface area (Å²) in [6, 6.07) is 15.7. The van der Waals surface area contributed by atoms with E-state index in [1.165, 1.54) is 11.3 Å². The van der Waals surface area contributed by atoms with Gasteiger partial charge >= 0.3 is 0 Å². The Balaban J connectivity index is 1.51. The molecule has 0 radical (unpaired) electrons. The highest BCUT2D eigenvalue weighted by atomic mass is 32.1. The van der Waals surface area contributed by atoms with Gasteiger partial charge in [0, 0.05) is 31.6 Å². The molecule has 1 amide bonds. The maximum atomic E-state index is 12.1. The van der Waals surface area contributed by atoms with Gasteiger partial charge in [-0.15, -0.1) is 11.3 Å². The average molecular weight is 326 g/mol. The first-order valence-electron chi connectivity index (χ1n) is 7.54. The number of hydrogen-bond donors (Lipinski definition) is 0. The van der Waals surface area contributed by atoms with E-state index in [1.807, 2.05) is 61.0 Å².